The standard InChI is InChI=1S/C16H23NS/c1-5-16(3,4)15(17-6-2)13-11-18-14-10-8-7-9-12(13)14/h7-11,15,17H,5-6H2,1-4H3. The van der Waals surface area contributed by atoms with E-state index in [1.165, 1.54) is 22.1 Å². The molecule has 1 heterocycles. The van der Waals surface area contributed by atoms with Crippen molar-refractivity contribution in [1.29, 1.82) is 0 Å². The van der Waals surface area contributed by atoms with E-state index in [0.717, 1.165) is 6.54 Å². The quantitative estimate of drug-likeness (QED) is 0.799. The summed E-state index contributed by atoms with van der Waals surface area (Å²) in [6.07, 6.45) is 1.18. The second-order valence-electron chi connectivity index (χ2n) is 5.52. The molecular weight excluding hydrogens is 238 g/mol. The molecule has 0 saturated carbocycles. The summed E-state index contributed by atoms with van der Waals surface area (Å²) in [5, 5.41) is 7.42. The van der Waals surface area contributed by atoms with Crippen LogP contribution in [-0.2, 0) is 0 Å². The Bertz CT molecular complexity index is 513. The highest BCUT2D eigenvalue weighted by molar-refractivity contribution is 7.17. The predicted molar refractivity (Wildman–Crippen MR) is 82.3 cm³/mol. The molecule has 1 aromatic carbocycles. The number of hydrogen-bond acceptors (Lipinski definition) is 2. The van der Waals surface area contributed by atoms with E-state index in [-0.39, 0.29) is 5.41 Å². The van der Waals surface area contributed by atoms with Crippen LogP contribution in [0.2, 0.25) is 0 Å². The van der Waals surface area contributed by atoms with Crippen LogP contribution in [0.1, 0.15) is 45.7 Å². The summed E-state index contributed by atoms with van der Waals surface area (Å²) >= 11 is 1.85. The molecule has 1 unspecified atom stereocenters. The van der Waals surface area contributed by atoms with Gasteiger partial charge in [0.15, 0.2) is 0 Å². The summed E-state index contributed by atoms with van der Waals surface area (Å²) in [5.74, 6) is 0. The first kappa shape index (κ1) is 13.6. The molecule has 0 aliphatic heterocycles. The molecular formula is C16H23NS. The van der Waals surface area contributed by atoms with Gasteiger partial charge in [0, 0.05) is 10.7 Å². The summed E-state index contributed by atoms with van der Waals surface area (Å²) < 4.78 is 1.39. The molecule has 1 N–H and O–H groups in total. The first-order valence-electron chi connectivity index (χ1n) is 6.79. The second kappa shape index (κ2) is 5.41. The van der Waals surface area contributed by atoms with Gasteiger partial charge in [-0.2, -0.15) is 0 Å². The molecule has 0 spiro atoms. The highest BCUT2D eigenvalue weighted by Gasteiger charge is 2.30. The third-order valence-corrected chi connectivity index (χ3v) is 4.90. The number of hydrogen-bond donors (Lipinski definition) is 1. The number of nitrogens with one attached hydrogen (secondary N) is 1. The van der Waals surface area contributed by atoms with E-state index in [1.807, 2.05) is 11.3 Å². The first-order valence-corrected chi connectivity index (χ1v) is 7.67. The number of fused-ring (bicyclic) bond motifs is 1. The lowest BCUT2D eigenvalue weighted by Gasteiger charge is -2.34. The Hall–Kier alpha value is -0.860. The van der Waals surface area contributed by atoms with Crippen molar-refractivity contribution in [2.24, 2.45) is 5.41 Å². The molecule has 18 heavy (non-hydrogen) atoms. The normalized spacial score (nSPS) is 14.0. The summed E-state index contributed by atoms with van der Waals surface area (Å²) in [6.45, 7) is 10.2. The summed E-state index contributed by atoms with van der Waals surface area (Å²) in [7, 11) is 0. The van der Waals surface area contributed by atoms with E-state index >= 15 is 0 Å². The fourth-order valence-electron chi connectivity index (χ4n) is 2.44. The predicted octanol–water partition coefficient (Wildman–Crippen LogP) is 4.99. The van der Waals surface area contributed by atoms with Crippen LogP contribution in [0.3, 0.4) is 0 Å². The van der Waals surface area contributed by atoms with Crippen LogP contribution in [-0.4, -0.2) is 6.54 Å². The van der Waals surface area contributed by atoms with Crippen molar-refractivity contribution in [3.8, 4) is 0 Å². The van der Waals surface area contributed by atoms with E-state index in [0.29, 0.717) is 6.04 Å². The molecule has 1 nitrogen and oxygen atoms in total. The largest absolute Gasteiger partial charge is 0.310 e. The Morgan fingerprint density at radius 3 is 2.61 bits per heavy atom. The van der Waals surface area contributed by atoms with E-state index in [1.54, 1.807) is 0 Å². The van der Waals surface area contributed by atoms with Gasteiger partial charge in [-0.05, 0) is 40.8 Å². The van der Waals surface area contributed by atoms with Crippen molar-refractivity contribution in [2.45, 2.75) is 40.2 Å². The average Bonchev–Trinajstić information content (AvgIpc) is 2.79. The van der Waals surface area contributed by atoms with Gasteiger partial charge < -0.3 is 5.32 Å². The molecule has 0 aliphatic carbocycles. The van der Waals surface area contributed by atoms with Crippen LogP contribution in [0.5, 0.6) is 0 Å². The van der Waals surface area contributed by atoms with Crippen molar-refractivity contribution in [2.75, 3.05) is 6.54 Å². The molecule has 0 bridgehead atoms. The van der Waals surface area contributed by atoms with Gasteiger partial charge in [-0.25, -0.2) is 0 Å². The average molecular weight is 261 g/mol. The van der Waals surface area contributed by atoms with Crippen LogP contribution in [0, 0.1) is 5.41 Å². The Morgan fingerprint density at radius 1 is 1.22 bits per heavy atom. The van der Waals surface area contributed by atoms with Gasteiger partial charge in [0.2, 0.25) is 0 Å². The SMILES string of the molecule is CCNC(c1csc2ccccc12)C(C)(C)CC. The van der Waals surface area contributed by atoms with Crippen molar-refractivity contribution < 1.29 is 0 Å². The fourth-order valence-corrected chi connectivity index (χ4v) is 3.42. The molecule has 0 amide bonds. The van der Waals surface area contributed by atoms with Gasteiger partial charge in [-0.1, -0.05) is 45.9 Å². The van der Waals surface area contributed by atoms with E-state index in [2.05, 4.69) is 62.7 Å². The minimum Gasteiger partial charge on any atom is -0.310 e. The smallest absolute Gasteiger partial charge is 0.0386 e. The van der Waals surface area contributed by atoms with Gasteiger partial charge in [-0.15, -0.1) is 11.3 Å². The molecule has 2 aromatic rings. The van der Waals surface area contributed by atoms with E-state index < -0.39 is 0 Å². The van der Waals surface area contributed by atoms with Gasteiger partial charge in [0.05, 0.1) is 0 Å². The van der Waals surface area contributed by atoms with Gasteiger partial charge in [0.1, 0.15) is 0 Å². The Labute approximate surface area is 114 Å². The molecule has 1 aromatic heterocycles. The van der Waals surface area contributed by atoms with Crippen LogP contribution in [0.25, 0.3) is 10.1 Å². The maximum Gasteiger partial charge on any atom is 0.0386 e. The van der Waals surface area contributed by atoms with Crippen molar-refractivity contribution in [3.05, 3.63) is 35.2 Å². The van der Waals surface area contributed by atoms with E-state index in [4.69, 9.17) is 0 Å². The Kier molecular flexibility index (Phi) is 4.08. The molecule has 2 heteroatoms. The third-order valence-electron chi connectivity index (χ3n) is 3.92. The van der Waals surface area contributed by atoms with Crippen molar-refractivity contribution in [1.82, 2.24) is 5.32 Å². The first-order chi connectivity index (χ1) is 8.60. The summed E-state index contributed by atoms with van der Waals surface area (Å²) in [5.41, 5.74) is 1.74. The number of benzene rings is 1. The maximum atomic E-state index is 3.68. The zero-order chi connectivity index (χ0) is 13.2. The zero-order valence-electron chi connectivity index (χ0n) is 11.8. The molecule has 0 radical (unpaired) electrons. The lowest BCUT2D eigenvalue weighted by Crippen LogP contribution is -2.33. The van der Waals surface area contributed by atoms with Crippen molar-refractivity contribution >= 4 is 21.4 Å². The van der Waals surface area contributed by atoms with Gasteiger partial charge >= 0.3 is 0 Å². The highest BCUT2D eigenvalue weighted by Crippen LogP contribution is 2.41. The molecule has 0 aliphatic rings. The molecule has 0 saturated heterocycles. The zero-order valence-corrected chi connectivity index (χ0v) is 12.6. The minimum atomic E-state index is 0.278. The Morgan fingerprint density at radius 2 is 1.94 bits per heavy atom. The Balaban J connectivity index is 2.48. The third kappa shape index (κ3) is 2.45. The van der Waals surface area contributed by atoms with Gasteiger partial charge in [0.25, 0.3) is 0 Å². The molecule has 1 atom stereocenters. The monoisotopic (exact) mass is 261 g/mol. The topological polar surface area (TPSA) is 12.0 Å². The van der Waals surface area contributed by atoms with Gasteiger partial charge in [-0.3, -0.25) is 0 Å². The van der Waals surface area contributed by atoms with Crippen LogP contribution in [0.4, 0.5) is 0 Å². The molecule has 98 valence electrons. The second-order valence-corrected chi connectivity index (χ2v) is 6.43. The number of thiophene rings is 1. The fraction of sp³-hybridized carbons (Fsp3) is 0.500. The summed E-state index contributed by atoms with van der Waals surface area (Å²) in [6, 6.07) is 9.16. The lowest BCUT2D eigenvalue weighted by atomic mass is 9.78. The van der Waals surface area contributed by atoms with Crippen molar-refractivity contribution in [3.63, 3.8) is 0 Å². The highest BCUT2D eigenvalue weighted by atomic mass is 32.1. The molecule has 2 rings (SSSR count). The number of rotatable bonds is 5. The maximum absolute atomic E-state index is 3.68. The summed E-state index contributed by atoms with van der Waals surface area (Å²) in [4.78, 5) is 0. The molecule has 0 fully saturated rings. The van der Waals surface area contributed by atoms with Crippen LogP contribution >= 0.6 is 11.3 Å². The lowest BCUT2D eigenvalue weighted by molar-refractivity contribution is 0.239. The van der Waals surface area contributed by atoms with Crippen LogP contribution < -0.4 is 5.32 Å². The van der Waals surface area contributed by atoms with E-state index in [9.17, 15) is 0 Å². The van der Waals surface area contributed by atoms with Crippen LogP contribution in [0.15, 0.2) is 29.6 Å². The minimum absolute atomic E-state index is 0.278.